The summed E-state index contributed by atoms with van der Waals surface area (Å²) in [6.07, 6.45) is 0. The molecule has 0 aliphatic carbocycles. The largest absolute Gasteiger partial charge is 0.486 e. The van der Waals surface area contributed by atoms with Crippen molar-refractivity contribution in [1.82, 2.24) is 0 Å². The quantitative estimate of drug-likeness (QED) is 0.910. The van der Waals surface area contributed by atoms with Gasteiger partial charge in [-0.05, 0) is 42.8 Å². The van der Waals surface area contributed by atoms with Crippen LogP contribution in [0.1, 0.15) is 18.5 Å². The standard InChI is InChI=1S/C16H15ClFNO2/c1-10(19-14-4-3-12(17)9-13(14)18)11-2-5-15-16(8-11)21-7-6-20-15/h2-5,8-10,19H,6-7H2,1H3. The van der Waals surface area contributed by atoms with Crippen molar-refractivity contribution < 1.29 is 13.9 Å². The summed E-state index contributed by atoms with van der Waals surface area (Å²) in [4.78, 5) is 0. The molecule has 1 aliphatic heterocycles. The summed E-state index contributed by atoms with van der Waals surface area (Å²) in [5.41, 5.74) is 1.41. The molecule has 3 nitrogen and oxygen atoms in total. The molecule has 0 aromatic heterocycles. The van der Waals surface area contributed by atoms with Gasteiger partial charge in [0.25, 0.3) is 0 Å². The van der Waals surface area contributed by atoms with Gasteiger partial charge < -0.3 is 14.8 Å². The van der Waals surface area contributed by atoms with Crippen molar-refractivity contribution >= 4 is 17.3 Å². The summed E-state index contributed by atoms with van der Waals surface area (Å²) in [6, 6.07) is 10.2. The summed E-state index contributed by atoms with van der Waals surface area (Å²) in [5, 5.41) is 3.51. The number of rotatable bonds is 3. The third-order valence-electron chi connectivity index (χ3n) is 3.37. The lowest BCUT2D eigenvalue weighted by molar-refractivity contribution is 0.171. The number of hydrogen-bond acceptors (Lipinski definition) is 3. The van der Waals surface area contributed by atoms with Gasteiger partial charge in [0.1, 0.15) is 19.0 Å². The zero-order chi connectivity index (χ0) is 14.8. The first-order valence-corrected chi connectivity index (χ1v) is 7.12. The molecule has 110 valence electrons. The second-order valence-electron chi connectivity index (χ2n) is 4.89. The summed E-state index contributed by atoms with van der Waals surface area (Å²) in [7, 11) is 0. The van der Waals surface area contributed by atoms with Crippen molar-refractivity contribution in [3.05, 3.63) is 52.8 Å². The summed E-state index contributed by atoms with van der Waals surface area (Å²) in [6.45, 7) is 3.07. The van der Waals surface area contributed by atoms with Gasteiger partial charge in [0.15, 0.2) is 11.5 Å². The first-order chi connectivity index (χ1) is 10.1. The zero-order valence-corrected chi connectivity index (χ0v) is 12.3. The molecule has 2 aromatic rings. The average molecular weight is 308 g/mol. The highest BCUT2D eigenvalue weighted by Crippen LogP contribution is 2.33. The van der Waals surface area contributed by atoms with Crippen LogP contribution in [0.2, 0.25) is 5.02 Å². The highest BCUT2D eigenvalue weighted by Gasteiger charge is 2.15. The SMILES string of the molecule is CC(Nc1ccc(Cl)cc1F)c1ccc2c(c1)OCCO2. The van der Waals surface area contributed by atoms with Crippen LogP contribution in [0.4, 0.5) is 10.1 Å². The highest BCUT2D eigenvalue weighted by molar-refractivity contribution is 6.30. The normalized spacial score (nSPS) is 14.6. The lowest BCUT2D eigenvalue weighted by Gasteiger charge is -2.21. The van der Waals surface area contributed by atoms with Gasteiger partial charge in [-0.2, -0.15) is 0 Å². The molecule has 0 spiro atoms. The molecular formula is C16H15ClFNO2. The molecule has 21 heavy (non-hydrogen) atoms. The van der Waals surface area contributed by atoms with Crippen molar-refractivity contribution in [2.24, 2.45) is 0 Å². The van der Waals surface area contributed by atoms with E-state index in [4.69, 9.17) is 21.1 Å². The Morgan fingerprint density at radius 2 is 1.86 bits per heavy atom. The Balaban J connectivity index is 1.80. The molecule has 0 amide bonds. The van der Waals surface area contributed by atoms with E-state index >= 15 is 0 Å². The summed E-state index contributed by atoms with van der Waals surface area (Å²) >= 11 is 5.75. The topological polar surface area (TPSA) is 30.5 Å². The first-order valence-electron chi connectivity index (χ1n) is 6.74. The molecule has 3 rings (SSSR count). The Hall–Kier alpha value is -1.94. The van der Waals surface area contributed by atoms with Crippen molar-refractivity contribution in [1.29, 1.82) is 0 Å². The van der Waals surface area contributed by atoms with Crippen LogP contribution < -0.4 is 14.8 Å². The van der Waals surface area contributed by atoms with Crippen molar-refractivity contribution in [3.8, 4) is 11.5 Å². The number of benzene rings is 2. The van der Waals surface area contributed by atoms with Gasteiger partial charge in [-0.1, -0.05) is 17.7 Å². The molecular weight excluding hydrogens is 293 g/mol. The maximum absolute atomic E-state index is 13.8. The Kier molecular flexibility index (Phi) is 3.88. The number of halogens is 2. The lowest BCUT2D eigenvalue weighted by Crippen LogP contribution is -2.16. The van der Waals surface area contributed by atoms with Crippen LogP contribution in [-0.4, -0.2) is 13.2 Å². The Morgan fingerprint density at radius 3 is 2.62 bits per heavy atom. The predicted molar refractivity (Wildman–Crippen MR) is 80.9 cm³/mol. The number of ether oxygens (including phenoxy) is 2. The molecule has 1 aliphatic rings. The smallest absolute Gasteiger partial charge is 0.161 e. The molecule has 0 fully saturated rings. The third-order valence-corrected chi connectivity index (χ3v) is 3.60. The monoisotopic (exact) mass is 307 g/mol. The van der Waals surface area contributed by atoms with E-state index in [1.54, 1.807) is 12.1 Å². The van der Waals surface area contributed by atoms with E-state index in [-0.39, 0.29) is 11.9 Å². The highest BCUT2D eigenvalue weighted by atomic mass is 35.5. The second kappa shape index (κ2) is 5.82. The van der Waals surface area contributed by atoms with Crippen LogP contribution in [0.5, 0.6) is 11.5 Å². The lowest BCUT2D eigenvalue weighted by atomic mass is 10.1. The summed E-state index contributed by atoms with van der Waals surface area (Å²) < 4.78 is 24.9. The van der Waals surface area contributed by atoms with Gasteiger partial charge in [-0.15, -0.1) is 0 Å². The second-order valence-corrected chi connectivity index (χ2v) is 5.33. The van der Waals surface area contributed by atoms with Crippen LogP contribution in [-0.2, 0) is 0 Å². The molecule has 0 bridgehead atoms. The minimum absolute atomic E-state index is 0.0727. The van der Waals surface area contributed by atoms with Crippen LogP contribution in [0.15, 0.2) is 36.4 Å². The van der Waals surface area contributed by atoms with Crippen LogP contribution in [0.3, 0.4) is 0 Å². The molecule has 0 saturated heterocycles. The van der Waals surface area contributed by atoms with Gasteiger partial charge in [-0.25, -0.2) is 4.39 Å². The van der Waals surface area contributed by atoms with E-state index in [1.165, 1.54) is 6.07 Å². The van der Waals surface area contributed by atoms with E-state index in [1.807, 2.05) is 25.1 Å². The fraction of sp³-hybridized carbons (Fsp3) is 0.250. The van der Waals surface area contributed by atoms with E-state index in [0.29, 0.717) is 23.9 Å². The van der Waals surface area contributed by atoms with Gasteiger partial charge in [0, 0.05) is 11.1 Å². The fourth-order valence-corrected chi connectivity index (χ4v) is 2.41. The Labute approximate surface area is 127 Å². The molecule has 0 radical (unpaired) electrons. The molecule has 1 atom stereocenters. The summed E-state index contributed by atoms with van der Waals surface area (Å²) in [5.74, 6) is 1.10. The number of hydrogen-bond donors (Lipinski definition) is 1. The predicted octanol–water partition coefficient (Wildman–Crippen LogP) is 4.42. The molecule has 5 heteroatoms. The van der Waals surface area contributed by atoms with Crippen LogP contribution in [0, 0.1) is 5.82 Å². The van der Waals surface area contributed by atoms with Gasteiger partial charge >= 0.3 is 0 Å². The van der Waals surface area contributed by atoms with E-state index < -0.39 is 0 Å². The average Bonchev–Trinajstić information content (AvgIpc) is 2.49. The first kappa shape index (κ1) is 14.0. The number of anilines is 1. The van der Waals surface area contributed by atoms with Crippen molar-refractivity contribution in [2.45, 2.75) is 13.0 Å². The van der Waals surface area contributed by atoms with Crippen molar-refractivity contribution in [2.75, 3.05) is 18.5 Å². The van der Waals surface area contributed by atoms with E-state index in [0.717, 1.165) is 17.1 Å². The zero-order valence-electron chi connectivity index (χ0n) is 11.5. The number of fused-ring (bicyclic) bond motifs is 1. The Bertz CT molecular complexity index is 663. The minimum atomic E-state index is -0.369. The fourth-order valence-electron chi connectivity index (χ4n) is 2.25. The molecule has 1 unspecified atom stereocenters. The molecule has 1 N–H and O–H groups in total. The third kappa shape index (κ3) is 3.05. The van der Waals surface area contributed by atoms with Gasteiger partial charge in [0.05, 0.1) is 5.69 Å². The molecule has 0 saturated carbocycles. The van der Waals surface area contributed by atoms with Gasteiger partial charge in [-0.3, -0.25) is 0 Å². The van der Waals surface area contributed by atoms with E-state index in [9.17, 15) is 4.39 Å². The van der Waals surface area contributed by atoms with Crippen LogP contribution in [0.25, 0.3) is 0 Å². The maximum atomic E-state index is 13.8. The van der Waals surface area contributed by atoms with Gasteiger partial charge in [0.2, 0.25) is 0 Å². The minimum Gasteiger partial charge on any atom is -0.486 e. The molecule has 1 heterocycles. The van der Waals surface area contributed by atoms with Crippen molar-refractivity contribution in [3.63, 3.8) is 0 Å². The Morgan fingerprint density at radius 1 is 1.10 bits per heavy atom. The molecule has 2 aromatic carbocycles. The number of nitrogens with one attached hydrogen (secondary N) is 1. The van der Waals surface area contributed by atoms with Crippen LogP contribution >= 0.6 is 11.6 Å². The maximum Gasteiger partial charge on any atom is 0.161 e. The van der Waals surface area contributed by atoms with E-state index in [2.05, 4.69) is 5.32 Å².